The first kappa shape index (κ1) is 123. The Labute approximate surface area is 899 Å². The van der Waals surface area contributed by atoms with Crippen molar-refractivity contribution in [2.75, 3.05) is 48.4 Å². The average molecular weight is 2190 g/mol. The Hall–Kier alpha value is -12.5. The molecule has 0 radical (unpaired) electrons. The van der Waals surface area contributed by atoms with E-state index in [0.717, 1.165) is 56.0 Å². The minimum atomic E-state index is -1.61. The van der Waals surface area contributed by atoms with Crippen LogP contribution in [-0.4, -0.2) is 176 Å². The standard InChI is InChI=1S/C26H24Cl2N2O5.C26H26Cl2N2O4.C20H23ClN2O4.C12H17NO2.C9H13NO2.C7H6Cl2N2O2.C6H5BCl2O2/c1-26(2,3)35-21(32)13-16-10-8-15(9-11-16)12-19-23(25(33)34-4)20(14-31)30-24(29-19)22-17(27)6-5-7-18(22)28;1-15-22(25(32)33-5)20(30-24(29-15)23-18(27)7-6-8-19(23)28)13-16-9-11-17(12-10-16)14-21(31)34-26(2,3)4;1-12-17(18(25)26-5)15(23-19(21)22-12)10-13-6-8-14(9-7-13)11-16(24)27-20(2,3)4;1-12(2,3)15-11(14)8-9-4-6-10(13)7-5-9;1-11-8-4-3-7(6-10)9(5-8)12-2;1-3-4(6(12)13-2)5(8)11-7(9)10-3;8-4-2-1-3-5(9)6(4)7(10)11/h5-11,14H,12-13H2,1-4H3;6-12H,13-14H2,1-5H3;6-9H,10-11H2,1-5H3;4-7H,8,13H2,1-3H3;3-5H,6,10H2,1-2H3;1-2H3;1-3,10-11H. The van der Waals surface area contributed by atoms with Gasteiger partial charge >= 0.3 is 54.9 Å². The largest absolute Gasteiger partial charge is 0.497 e. The van der Waals surface area contributed by atoms with Gasteiger partial charge in [-0.3, -0.25) is 24.0 Å². The zero-order valence-corrected chi connectivity index (χ0v) is 91.6. The minimum absolute atomic E-state index is 0.00403. The monoisotopic (exact) mass is 2190 g/mol. The van der Waals surface area contributed by atoms with Crippen LogP contribution in [0.4, 0.5) is 5.69 Å². The summed E-state index contributed by atoms with van der Waals surface area (Å²) in [4.78, 5) is 141. The van der Waals surface area contributed by atoms with Crippen molar-refractivity contribution < 1.29 is 101 Å². The zero-order valence-electron chi connectivity index (χ0n) is 84.8. The molecule has 4 heterocycles. The number of nitrogen functional groups attached to an aromatic ring is 1. The van der Waals surface area contributed by atoms with Crippen molar-refractivity contribution in [3.05, 3.63) is 322 Å². The number of methoxy groups -OCH3 is 6. The lowest BCUT2D eigenvalue weighted by molar-refractivity contribution is -0.155. The second-order valence-electron chi connectivity index (χ2n) is 35.8. The van der Waals surface area contributed by atoms with Gasteiger partial charge in [-0.2, -0.15) is 0 Å². The topological polar surface area (TPSA) is 442 Å². The van der Waals surface area contributed by atoms with Gasteiger partial charge < -0.3 is 68.9 Å². The highest BCUT2D eigenvalue weighted by atomic mass is 35.5. The number of nitrogens with zero attached hydrogens (tertiary/aromatic N) is 8. The van der Waals surface area contributed by atoms with Gasteiger partial charge in [-0.05, 0) is 221 Å². The van der Waals surface area contributed by atoms with Gasteiger partial charge in [-0.1, -0.05) is 190 Å². The molecule has 0 aliphatic carbocycles. The number of anilines is 1. The molecular formula is C106H114BCl9N10O21. The predicted molar refractivity (Wildman–Crippen MR) is 570 cm³/mol. The molecule has 0 fully saturated rings. The van der Waals surface area contributed by atoms with E-state index in [1.54, 1.807) is 114 Å². The summed E-state index contributed by atoms with van der Waals surface area (Å²) in [5.41, 5.74) is 20.9. The molecule has 41 heteroatoms. The normalized spacial score (nSPS) is 10.8. The van der Waals surface area contributed by atoms with E-state index in [1.807, 2.05) is 174 Å². The fourth-order valence-electron chi connectivity index (χ4n) is 13.3. The van der Waals surface area contributed by atoms with Crippen LogP contribution in [0.1, 0.15) is 214 Å². The van der Waals surface area contributed by atoms with Crippen molar-refractivity contribution in [3.63, 3.8) is 0 Å². The highest BCUT2D eigenvalue weighted by molar-refractivity contribution is 6.66. The summed E-state index contributed by atoms with van der Waals surface area (Å²) >= 11 is 53.7. The number of rotatable bonds is 25. The fourth-order valence-corrected chi connectivity index (χ4v) is 15.8. The molecule has 0 amide bonds. The molecule has 0 bridgehead atoms. The lowest BCUT2D eigenvalue weighted by Crippen LogP contribution is -2.31. The van der Waals surface area contributed by atoms with E-state index in [1.165, 1.54) is 28.4 Å². The van der Waals surface area contributed by atoms with Crippen molar-refractivity contribution in [1.82, 2.24) is 39.9 Å². The first-order chi connectivity index (χ1) is 68.9. The molecule has 0 atom stereocenters. The average Bonchev–Trinajstić information content (AvgIpc) is 0.784. The number of hydrogen-bond donors (Lipinski definition) is 4. The van der Waals surface area contributed by atoms with Crippen LogP contribution in [0, 0.1) is 20.8 Å². The highest BCUT2D eigenvalue weighted by Gasteiger charge is 2.30. The number of benzene rings is 8. The lowest BCUT2D eigenvalue weighted by atomic mass is 9.80. The third-order valence-electron chi connectivity index (χ3n) is 19.6. The van der Waals surface area contributed by atoms with Crippen molar-refractivity contribution in [1.29, 1.82) is 0 Å². The van der Waals surface area contributed by atoms with Gasteiger partial charge in [0, 0.05) is 58.6 Å². The van der Waals surface area contributed by atoms with E-state index < -0.39 is 53.4 Å². The van der Waals surface area contributed by atoms with E-state index in [0.29, 0.717) is 108 Å². The number of hydrogen-bond acceptors (Lipinski definition) is 31. The van der Waals surface area contributed by atoms with Gasteiger partial charge in [0.1, 0.15) is 67.0 Å². The molecule has 0 saturated heterocycles. The fraction of sp³-hybridized carbons (Fsp3) is 0.311. The third kappa shape index (κ3) is 40.6. The van der Waals surface area contributed by atoms with E-state index in [2.05, 4.69) is 44.6 Å². The van der Waals surface area contributed by atoms with Crippen molar-refractivity contribution in [2.24, 2.45) is 5.73 Å². The summed E-state index contributed by atoms with van der Waals surface area (Å²) in [6.45, 7) is 27.5. The Bertz CT molecular complexity index is 6520. The maximum Gasteiger partial charge on any atom is 0.491 e. The van der Waals surface area contributed by atoms with Crippen molar-refractivity contribution >= 4 is 177 Å². The van der Waals surface area contributed by atoms with Gasteiger partial charge in [0.05, 0.1) is 134 Å². The Balaban J connectivity index is 0.000000274. The molecule has 0 aliphatic heterocycles. The SMILES string of the molecule is CC(C)(C)OC(=O)Cc1ccc(N)cc1.COC(=O)c1c(C)nc(-c2c(Cl)cccc2Cl)nc1Cc1ccc(CC(=O)OC(C)(C)C)cc1.COC(=O)c1c(C)nc(Cl)nc1Cc1ccc(CC(=O)OC(C)(C)C)cc1.COC(=O)c1c(C)nc(Cl)nc1Cl.COC(=O)c1c(C=O)nc(-c2c(Cl)cccc2Cl)nc1Cc1ccc(CC(=O)OC(C)(C)C)cc1.COc1ccc(CN)c(OC)c1.OB(O)c1c(Cl)cccc1Cl. The number of esters is 8. The molecule has 6 N–H and O–H groups in total. The second-order valence-corrected chi connectivity index (χ2v) is 39.3. The smallest absolute Gasteiger partial charge is 0.491 e. The molecule has 780 valence electrons. The van der Waals surface area contributed by atoms with Crippen LogP contribution in [0.5, 0.6) is 11.5 Å². The van der Waals surface area contributed by atoms with Gasteiger partial charge in [-0.15, -0.1) is 0 Å². The van der Waals surface area contributed by atoms with Gasteiger partial charge in [0.25, 0.3) is 0 Å². The summed E-state index contributed by atoms with van der Waals surface area (Å²) in [5.74, 6) is -1.43. The number of ether oxygens (including phenoxy) is 10. The van der Waals surface area contributed by atoms with Crippen LogP contribution >= 0.6 is 104 Å². The molecule has 8 aromatic carbocycles. The molecule has 12 aromatic rings. The molecule has 147 heavy (non-hydrogen) atoms. The third-order valence-corrected chi connectivity index (χ3v) is 22.1. The summed E-state index contributed by atoms with van der Waals surface area (Å²) in [5, 5.41) is 19.6. The number of aromatic nitrogens is 8. The van der Waals surface area contributed by atoms with E-state index in [4.69, 9.17) is 169 Å². The number of carbonyl (C=O) groups excluding carboxylic acids is 9. The molecule has 12 rings (SSSR count). The van der Waals surface area contributed by atoms with Crippen LogP contribution < -0.4 is 26.4 Å². The summed E-state index contributed by atoms with van der Waals surface area (Å²) < 4.78 is 50.6. The Kier molecular flexibility index (Phi) is 48.3. The molecule has 0 spiro atoms. The summed E-state index contributed by atoms with van der Waals surface area (Å²) in [6.07, 6.45) is 2.18. The van der Waals surface area contributed by atoms with Crippen molar-refractivity contribution in [2.45, 2.75) is 178 Å². The van der Waals surface area contributed by atoms with Crippen LogP contribution in [0.25, 0.3) is 22.8 Å². The van der Waals surface area contributed by atoms with Crippen LogP contribution in [0.15, 0.2) is 170 Å². The number of aryl methyl sites for hydroxylation is 3. The van der Waals surface area contributed by atoms with Crippen molar-refractivity contribution in [3.8, 4) is 34.3 Å². The van der Waals surface area contributed by atoms with E-state index in [-0.39, 0.29) is 116 Å². The lowest BCUT2D eigenvalue weighted by Gasteiger charge is -2.19. The number of aldehydes is 1. The van der Waals surface area contributed by atoms with Gasteiger partial charge in [-0.25, -0.2) is 59.0 Å². The molecule has 31 nitrogen and oxygen atoms in total. The first-order valence-corrected chi connectivity index (χ1v) is 48.2. The molecule has 4 aromatic heterocycles. The number of halogens is 9. The number of nitrogens with two attached hydrogens (primary N) is 2. The van der Waals surface area contributed by atoms with E-state index >= 15 is 0 Å². The van der Waals surface area contributed by atoms with Gasteiger partial charge in [0.2, 0.25) is 10.6 Å². The van der Waals surface area contributed by atoms with Crippen LogP contribution in [0.3, 0.4) is 0 Å². The van der Waals surface area contributed by atoms with Crippen LogP contribution in [0.2, 0.25) is 45.9 Å². The number of carbonyl (C=O) groups is 9. The first-order valence-electron chi connectivity index (χ1n) is 44.8. The quantitative estimate of drug-likeness (QED) is 0.00785. The summed E-state index contributed by atoms with van der Waals surface area (Å²) in [7, 11) is 6.72. The Morgan fingerprint density at radius 2 is 0.660 bits per heavy atom. The molecule has 0 aliphatic rings. The van der Waals surface area contributed by atoms with Crippen LogP contribution in [-0.2, 0) is 109 Å². The van der Waals surface area contributed by atoms with E-state index in [9.17, 15) is 43.2 Å². The second kappa shape index (κ2) is 57.7. The molecule has 0 unspecified atom stereocenters. The molecule has 0 saturated carbocycles. The highest BCUT2D eigenvalue weighted by Crippen LogP contribution is 2.37. The minimum Gasteiger partial charge on any atom is -0.497 e. The Morgan fingerprint density at radius 3 is 0.973 bits per heavy atom. The molecular weight excluding hydrogens is 2080 g/mol. The maximum atomic E-state index is 12.5. The zero-order chi connectivity index (χ0) is 110. The summed E-state index contributed by atoms with van der Waals surface area (Å²) in [6, 6.07) is 49.8. The Morgan fingerprint density at radius 1 is 0.361 bits per heavy atom. The predicted octanol–water partition coefficient (Wildman–Crippen LogP) is 21.1. The maximum absolute atomic E-state index is 12.5. The van der Waals surface area contributed by atoms with Gasteiger partial charge in [0.15, 0.2) is 17.9 Å².